The number of nitriles is 1. The molecule has 1 heterocycles. The van der Waals surface area contributed by atoms with Crippen LogP contribution in [0.2, 0.25) is 0 Å². The number of fused-ring (bicyclic) bond motifs is 1. The van der Waals surface area contributed by atoms with Crippen LogP contribution in [0.25, 0.3) is 5.76 Å². The molecule has 0 aromatic heterocycles. The Morgan fingerprint density at radius 2 is 2.09 bits per heavy atom. The highest BCUT2D eigenvalue weighted by Crippen LogP contribution is 2.38. The molecule has 3 N–H and O–H groups in total. The minimum absolute atomic E-state index is 0.122. The number of ether oxygens (including phenoxy) is 1. The summed E-state index contributed by atoms with van der Waals surface area (Å²) in [6, 6.07) is 5.73. The van der Waals surface area contributed by atoms with Gasteiger partial charge in [0, 0.05) is 36.5 Å². The number of rotatable bonds is 5. The maximum absolute atomic E-state index is 14.5. The number of amides is 1. The molecule has 166 valence electrons. The fourth-order valence-electron chi connectivity index (χ4n) is 2.97. The second-order valence-corrected chi connectivity index (χ2v) is 7.84. The number of phenolic OH excluding ortho intramolecular Hbond substituents is 2. The average Bonchev–Trinajstić information content (AvgIpc) is 2.76. The minimum atomic E-state index is -1.03. The molecular formula is C20H16FN3O7S. The number of likely N-dealkylation sites (N-methyl/N-ethyl adjacent to an activating group) is 1. The Morgan fingerprint density at radius 3 is 2.75 bits per heavy atom. The summed E-state index contributed by atoms with van der Waals surface area (Å²) in [4.78, 5) is 24.4. The lowest BCUT2D eigenvalue weighted by molar-refractivity contribution is -0.386. The van der Waals surface area contributed by atoms with Gasteiger partial charge in [0.15, 0.2) is 11.3 Å². The van der Waals surface area contributed by atoms with E-state index in [-0.39, 0.29) is 12.1 Å². The number of hydrogen-bond donors (Lipinski definition) is 3. The van der Waals surface area contributed by atoms with Crippen molar-refractivity contribution >= 4 is 29.1 Å². The van der Waals surface area contributed by atoms with Gasteiger partial charge >= 0.3 is 5.69 Å². The van der Waals surface area contributed by atoms with Crippen molar-refractivity contribution in [1.29, 1.82) is 5.26 Å². The van der Waals surface area contributed by atoms with Gasteiger partial charge < -0.3 is 25.0 Å². The van der Waals surface area contributed by atoms with Crippen molar-refractivity contribution in [3.8, 4) is 23.3 Å². The number of nitro benzene ring substituents is 1. The van der Waals surface area contributed by atoms with E-state index in [0.717, 1.165) is 11.0 Å². The SMILES string of the molecule is CN(Cc1cc2c(cc1F)SCCO2)C(=O)/C(C#N)=C(\O)c1cc(O)c(O)c([N+](=O)[O-])c1. The first-order valence-corrected chi connectivity index (χ1v) is 10.00. The number of phenols is 2. The molecule has 1 aliphatic rings. The third-order valence-electron chi connectivity index (χ3n) is 4.57. The van der Waals surface area contributed by atoms with Crippen LogP contribution < -0.4 is 4.74 Å². The molecule has 3 rings (SSSR count). The van der Waals surface area contributed by atoms with Gasteiger partial charge in [-0.15, -0.1) is 11.8 Å². The van der Waals surface area contributed by atoms with Crippen LogP contribution >= 0.6 is 11.8 Å². The van der Waals surface area contributed by atoms with Crippen molar-refractivity contribution < 1.29 is 34.2 Å². The lowest BCUT2D eigenvalue weighted by atomic mass is 10.1. The summed E-state index contributed by atoms with van der Waals surface area (Å²) in [6.45, 7) is 0.198. The van der Waals surface area contributed by atoms with Crippen LogP contribution in [0.1, 0.15) is 11.1 Å². The standard InChI is InChI=1S/C20H16FN3O7S/c1-23(9-11-6-16-17(7-13(11)21)32-3-2-31-16)20(28)12(8-22)18(26)10-4-14(24(29)30)19(27)15(25)5-10/h4-7,25-27H,2-3,9H2,1H3/b18-12-. The minimum Gasteiger partial charge on any atom is -0.506 e. The molecule has 32 heavy (non-hydrogen) atoms. The zero-order chi connectivity index (χ0) is 23.6. The second kappa shape index (κ2) is 9.03. The van der Waals surface area contributed by atoms with Gasteiger partial charge in [-0.25, -0.2) is 4.39 Å². The molecule has 0 radical (unpaired) electrons. The number of aromatic hydroxyl groups is 2. The Labute approximate surface area is 184 Å². The van der Waals surface area contributed by atoms with Crippen LogP contribution in [-0.4, -0.2) is 50.5 Å². The predicted molar refractivity (Wildman–Crippen MR) is 111 cm³/mol. The van der Waals surface area contributed by atoms with Crippen LogP contribution in [0, 0.1) is 27.3 Å². The number of halogens is 1. The monoisotopic (exact) mass is 461 g/mol. The molecule has 10 nitrogen and oxygen atoms in total. The largest absolute Gasteiger partial charge is 0.506 e. The highest BCUT2D eigenvalue weighted by molar-refractivity contribution is 7.99. The van der Waals surface area contributed by atoms with Crippen LogP contribution in [0.5, 0.6) is 17.2 Å². The first-order chi connectivity index (χ1) is 15.1. The van der Waals surface area contributed by atoms with Gasteiger partial charge in [-0.3, -0.25) is 14.9 Å². The Morgan fingerprint density at radius 1 is 1.38 bits per heavy atom. The third-order valence-corrected chi connectivity index (χ3v) is 5.57. The number of aliphatic hydroxyl groups excluding tert-OH is 1. The summed E-state index contributed by atoms with van der Waals surface area (Å²) in [5, 5.41) is 50.1. The van der Waals surface area contributed by atoms with Crippen LogP contribution in [0.4, 0.5) is 10.1 Å². The molecule has 1 amide bonds. The maximum Gasteiger partial charge on any atom is 0.315 e. The quantitative estimate of drug-likeness (QED) is 0.152. The van der Waals surface area contributed by atoms with Crippen molar-refractivity contribution in [1.82, 2.24) is 4.90 Å². The van der Waals surface area contributed by atoms with E-state index in [1.165, 1.54) is 37.0 Å². The van der Waals surface area contributed by atoms with Crippen molar-refractivity contribution in [3.05, 3.63) is 56.9 Å². The average molecular weight is 461 g/mol. The lowest BCUT2D eigenvalue weighted by Gasteiger charge is -2.21. The van der Waals surface area contributed by atoms with E-state index >= 15 is 0 Å². The topological polar surface area (TPSA) is 157 Å². The van der Waals surface area contributed by atoms with E-state index < -0.39 is 50.7 Å². The van der Waals surface area contributed by atoms with E-state index in [4.69, 9.17) is 4.74 Å². The number of nitro groups is 1. The molecule has 2 aromatic rings. The van der Waals surface area contributed by atoms with Gasteiger partial charge in [0.25, 0.3) is 5.91 Å². The van der Waals surface area contributed by atoms with E-state index in [9.17, 15) is 39.9 Å². The van der Waals surface area contributed by atoms with E-state index in [0.29, 0.717) is 29.1 Å². The first-order valence-electron chi connectivity index (χ1n) is 9.01. The molecule has 12 heteroatoms. The van der Waals surface area contributed by atoms with Crippen molar-refractivity contribution in [3.63, 3.8) is 0 Å². The summed E-state index contributed by atoms with van der Waals surface area (Å²) in [7, 11) is 1.28. The fraction of sp³-hybridized carbons (Fsp3) is 0.200. The van der Waals surface area contributed by atoms with Crippen molar-refractivity contribution in [2.75, 3.05) is 19.4 Å². The highest BCUT2D eigenvalue weighted by Gasteiger charge is 2.26. The van der Waals surface area contributed by atoms with Gasteiger partial charge in [0.2, 0.25) is 5.75 Å². The van der Waals surface area contributed by atoms with Crippen molar-refractivity contribution in [2.45, 2.75) is 11.4 Å². The molecular weight excluding hydrogens is 445 g/mol. The molecule has 0 saturated heterocycles. The van der Waals surface area contributed by atoms with E-state index in [1.54, 1.807) is 0 Å². The van der Waals surface area contributed by atoms with Crippen molar-refractivity contribution in [2.24, 2.45) is 0 Å². The van der Waals surface area contributed by atoms with Crippen LogP contribution in [0.3, 0.4) is 0 Å². The zero-order valence-electron chi connectivity index (χ0n) is 16.5. The molecule has 1 aliphatic heterocycles. The zero-order valence-corrected chi connectivity index (χ0v) is 17.3. The number of benzene rings is 2. The van der Waals surface area contributed by atoms with Gasteiger partial charge in [-0.05, 0) is 18.2 Å². The molecule has 0 saturated carbocycles. The maximum atomic E-state index is 14.5. The number of hydrogen-bond acceptors (Lipinski definition) is 9. The molecule has 0 fully saturated rings. The molecule has 0 bridgehead atoms. The number of nitrogens with zero attached hydrogens (tertiary/aromatic N) is 3. The van der Waals surface area contributed by atoms with E-state index in [1.807, 2.05) is 0 Å². The Bertz CT molecular complexity index is 1190. The molecule has 0 atom stereocenters. The number of carbonyl (C=O) groups is 1. The lowest BCUT2D eigenvalue weighted by Crippen LogP contribution is -2.28. The summed E-state index contributed by atoms with van der Waals surface area (Å²) < 4.78 is 19.9. The van der Waals surface area contributed by atoms with Crippen LogP contribution in [-0.2, 0) is 11.3 Å². The number of thioether (sulfide) groups is 1. The normalized spacial score (nSPS) is 13.3. The van der Waals surface area contributed by atoms with Gasteiger partial charge in [-0.1, -0.05) is 0 Å². The number of aliphatic hydroxyl groups is 1. The molecule has 0 aliphatic carbocycles. The summed E-state index contributed by atoms with van der Waals surface area (Å²) in [6.07, 6.45) is 0. The van der Waals surface area contributed by atoms with E-state index in [2.05, 4.69) is 0 Å². The Hall–Kier alpha value is -3.98. The third kappa shape index (κ3) is 4.37. The molecule has 2 aromatic carbocycles. The van der Waals surface area contributed by atoms with Gasteiger partial charge in [-0.2, -0.15) is 5.26 Å². The van der Waals surface area contributed by atoms with Crippen LogP contribution in [0.15, 0.2) is 34.7 Å². The van der Waals surface area contributed by atoms with Gasteiger partial charge in [0.1, 0.15) is 23.4 Å². The Kier molecular flexibility index (Phi) is 6.40. The molecule has 0 unspecified atom stereocenters. The highest BCUT2D eigenvalue weighted by atomic mass is 32.2. The first kappa shape index (κ1) is 22.7. The summed E-state index contributed by atoms with van der Waals surface area (Å²) >= 11 is 1.44. The fourth-order valence-corrected chi connectivity index (χ4v) is 3.81. The molecule has 0 spiro atoms. The summed E-state index contributed by atoms with van der Waals surface area (Å²) in [5.74, 6) is -3.31. The summed E-state index contributed by atoms with van der Waals surface area (Å²) in [5.41, 5.74) is -2.04. The Balaban J connectivity index is 1.92. The number of carbonyl (C=O) groups excluding carboxylic acids is 1. The smallest absolute Gasteiger partial charge is 0.315 e. The predicted octanol–water partition coefficient (Wildman–Crippen LogP) is 3.08. The van der Waals surface area contributed by atoms with Gasteiger partial charge in [0.05, 0.1) is 16.4 Å². The second-order valence-electron chi connectivity index (χ2n) is 6.70.